The highest BCUT2D eigenvalue weighted by atomic mass is 16.3. The maximum absolute atomic E-state index is 10.1. The summed E-state index contributed by atoms with van der Waals surface area (Å²) in [5.41, 5.74) is 1.56. The van der Waals surface area contributed by atoms with E-state index in [1.165, 1.54) is 0 Å². The zero-order chi connectivity index (χ0) is 10.8. The van der Waals surface area contributed by atoms with Crippen molar-refractivity contribution in [1.82, 2.24) is 19.3 Å². The van der Waals surface area contributed by atoms with E-state index in [0.29, 0.717) is 0 Å². The first-order valence-corrected chi connectivity index (χ1v) is 4.90. The number of aliphatic hydroxyl groups excluding tert-OH is 1. The van der Waals surface area contributed by atoms with Crippen LogP contribution >= 0.6 is 0 Å². The molecule has 0 aliphatic carbocycles. The van der Waals surface area contributed by atoms with Crippen molar-refractivity contribution in [3.05, 3.63) is 36.2 Å². The summed E-state index contributed by atoms with van der Waals surface area (Å²) < 4.78 is 3.58. The van der Waals surface area contributed by atoms with Crippen LogP contribution in [0.4, 0.5) is 0 Å². The van der Waals surface area contributed by atoms with Crippen LogP contribution in [0.5, 0.6) is 0 Å². The van der Waals surface area contributed by atoms with Gasteiger partial charge in [-0.1, -0.05) is 0 Å². The van der Waals surface area contributed by atoms with E-state index < -0.39 is 6.10 Å². The van der Waals surface area contributed by atoms with E-state index in [-0.39, 0.29) is 0 Å². The van der Waals surface area contributed by atoms with Crippen LogP contribution in [0, 0.1) is 0 Å². The van der Waals surface area contributed by atoms with Gasteiger partial charge in [0.1, 0.15) is 6.10 Å². The van der Waals surface area contributed by atoms with Gasteiger partial charge < -0.3 is 9.67 Å². The second-order valence-electron chi connectivity index (χ2n) is 3.39. The molecule has 0 fully saturated rings. The van der Waals surface area contributed by atoms with Crippen LogP contribution in [0.3, 0.4) is 0 Å². The predicted molar refractivity (Wildman–Crippen MR) is 55.2 cm³/mol. The molecule has 5 nitrogen and oxygen atoms in total. The quantitative estimate of drug-likeness (QED) is 0.805. The first-order valence-electron chi connectivity index (χ1n) is 4.90. The smallest absolute Gasteiger partial charge is 0.137 e. The Labute approximate surface area is 88.0 Å². The zero-order valence-electron chi connectivity index (χ0n) is 8.83. The first-order chi connectivity index (χ1) is 7.24. The van der Waals surface area contributed by atoms with E-state index in [2.05, 4.69) is 10.1 Å². The van der Waals surface area contributed by atoms with E-state index in [0.717, 1.165) is 17.9 Å². The molecule has 80 valence electrons. The van der Waals surface area contributed by atoms with Gasteiger partial charge in [0.2, 0.25) is 0 Å². The summed E-state index contributed by atoms with van der Waals surface area (Å²) in [4.78, 5) is 4.03. The molecular formula is C10H14N4O. The lowest BCUT2D eigenvalue weighted by molar-refractivity contribution is 0.200. The zero-order valence-corrected chi connectivity index (χ0v) is 8.83. The molecule has 0 aliphatic heterocycles. The maximum atomic E-state index is 10.1. The molecule has 0 spiro atoms. The SMILES string of the molecule is CCn1cncc1C(O)c1ccnn1C. The minimum absolute atomic E-state index is 0.667. The van der Waals surface area contributed by atoms with Gasteiger partial charge in [0.15, 0.2) is 0 Å². The molecule has 5 heteroatoms. The highest BCUT2D eigenvalue weighted by molar-refractivity contribution is 5.17. The Morgan fingerprint density at radius 2 is 2.27 bits per heavy atom. The van der Waals surface area contributed by atoms with Crippen molar-refractivity contribution in [3.8, 4) is 0 Å². The van der Waals surface area contributed by atoms with Gasteiger partial charge in [-0.25, -0.2) is 4.98 Å². The molecular weight excluding hydrogens is 192 g/mol. The van der Waals surface area contributed by atoms with Crippen LogP contribution in [-0.2, 0) is 13.6 Å². The Bertz CT molecular complexity index is 446. The molecule has 0 aromatic carbocycles. The van der Waals surface area contributed by atoms with Gasteiger partial charge in [0.05, 0.1) is 23.9 Å². The third kappa shape index (κ3) is 1.66. The molecule has 1 N–H and O–H groups in total. The van der Waals surface area contributed by atoms with Crippen molar-refractivity contribution in [2.24, 2.45) is 7.05 Å². The summed E-state index contributed by atoms with van der Waals surface area (Å²) in [7, 11) is 1.81. The van der Waals surface area contributed by atoms with Crippen molar-refractivity contribution in [2.45, 2.75) is 19.6 Å². The molecule has 0 amide bonds. The Morgan fingerprint density at radius 3 is 2.87 bits per heavy atom. The molecule has 0 saturated heterocycles. The lowest BCUT2D eigenvalue weighted by Crippen LogP contribution is -2.11. The van der Waals surface area contributed by atoms with Crippen LogP contribution in [0.1, 0.15) is 24.4 Å². The van der Waals surface area contributed by atoms with Crippen LogP contribution < -0.4 is 0 Å². The lowest BCUT2D eigenvalue weighted by Gasteiger charge is -2.12. The number of aliphatic hydroxyl groups is 1. The number of rotatable bonds is 3. The number of aromatic nitrogens is 4. The van der Waals surface area contributed by atoms with E-state index >= 15 is 0 Å². The molecule has 0 bridgehead atoms. The van der Waals surface area contributed by atoms with Gasteiger partial charge in [-0.15, -0.1) is 0 Å². The highest BCUT2D eigenvalue weighted by Crippen LogP contribution is 2.20. The van der Waals surface area contributed by atoms with Gasteiger partial charge in [0.25, 0.3) is 0 Å². The topological polar surface area (TPSA) is 55.9 Å². The number of imidazole rings is 1. The molecule has 2 aromatic heterocycles. The van der Waals surface area contributed by atoms with Crippen LogP contribution in [0.25, 0.3) is 0 Å². The minimum Gasteiger partial charge on any atom is -0.380 e. The summed E-state index contributed by atoms with van der Waals surface area (Å²) in [6.45, 7) is 2.81. The monoisotopic (exact) mass is 206 g/mol. The van der Waals surface area contributed by atoms with Crippen molar-refractivity contribution < 1.29 is 5.11 Å². The molecule has 1 unspecified atom stereocenters. The standard InChI is InChI=1S/C10H14N4O/c1-3-14-7-11-6-9(14)10(15)8-4-5-12-13(8)2/h4-7,10,15H,3H2,1-2H3. The summed E-state index contributed by atoms with van der Waals surface area (Å²) in [5, 5.41) is 14.2. The molecule has 2 heterocycles. The Morgan fingerprint density at radius 1 is 1.47 bits per heavy atom. The number of hydrogen-bond donors (Lipinski definition) is 1. The number of aryl methyl sites for hydroxylation is 2. The van der Waals surface area contributed by atoms with Gasteiger partial charge in [-0.05, 0) is 13.0 Å². The Balaban J connectivity index is 2.36. The molecule has 1 atom stereocenters. The summed E-state index contributed by atoms with van der Waals surface area (Å²) in [5.74, 6) is 0. The van der Waals surface area contributed by atoms with E-state index in [4.69, 9.17) is 0 Å². The number of nitrogens with zero attached hydrogens (tertiary/aromatic N) is 4. The van der Waals surface area contributed by atoms with Gasteiger partial charge in [-0.3, -0.25) is 4.68 Å². The van der Waals surface area contributed by atoms with Gasteiger partial charge in [0, 0.05) is 19.8 Å². The molecule has 2 rings (SSSR count). The highest BCUT2D eigenvalue weighted by Gasteiger charge is 2.17. The Kier molecular flexibility index (Phi) is 2.55. The third-order valence-corrected chi connectivity index (χ3v) is 2.50. The average molecular weight is 206 g/mol. The largest absolute Gasteiger partial charge is 0.380 e. The summed E-state index contributed by atoms with van der Waals surface area (Å²) in [6.07, 6.45) is 4.40. The van der Waals surface area contributed by atoms with E-state index in [1.807, 2.05) is 18.5 Å². The van der Waals surface area contributed by atoms with Gasteiger partial charge >= 0.3 is 0 Å². The first kappa shape index (κ1) is 9.92. The normalized spacial score (nSPS) is 13.0. The van der Waals surface area contributed by atoms with E-state index in [9.17, 15) is 5.11 Å². The van der Waals surface area contributed by atoms with Crippen molar-refractivity contribution in [2.75, 3.05) is 0 Å². The molecule has 0 saturated carbocycles. The molecule has 15 heavy (non-hydrogen) atoms. The summed E-state index contributed by atoms with van der Waals surface area (Å²) in [6, 6.07) is 1.80. The minimum atomic E-state index is -0.667. The van der Waals surface area contributed by atoms with Crippen LogP contribution in [0.2, 0.25) is 0 Å². The van der Waals surface area contributed by atoms with Crippen LogP contribution in [-0.4, -0.2) is 24.4 Å². The maximum Gasteiger partial charge on any atom is 0.137 e. The number of hydrogen-bond acceptors (Lipinski definition) is 3. The second-order valence-corrected chi connectivity index (χ2v) is 3.39. The van der Waals surface area contributed by atoms with E-state index in [1.54, 1.807) is 29.5 Å². The van der Waals surface area contributed by atoms with Gasteiger partial charge in [-0.2, -0.15) is 5.10 Å². The molecule has 2 aromatic rings. The predicted octanol–water partition coefficient (Wildman–Crippen LogP) is 0.718. The Hall–Kier alpha value is -1.62. The van der Waals surface area contributed by atoms with Crippen molar-refractivity contribution >= 4 is 0 Å². The van der Waals surface area contributed by atoms with Crippen molar-refractivity contribution in [1.29, 1.82) is 0 Å². The fourth-order valence-corrected chi connectivity index (χ4v) is 1.63. The second kappa shape index (κ2) is 3.86. The third-order valence-electron chi connectivity index (χ3n) is 2.50. The lowest BCUT2D eigenvalue weighted by atomic mass is 10.2. The average Bonchev–Trinajstić information content (AvgIpc) is 2.84. The molecule has 0 aliphatic rings. The molecule has 0 radical (unpaired) electrons. The fraction of sp³-hybridized carbons (Fsp3) is 0.400. The fourth-order valence-electron chi connectivity index (χ4n) is 1.63. The van der Waals surface area contributed by atoms with Crippen LogP contribution in [0.15, 0.2) is 24.8 Å². The van der Waals surface area contributed by atoms with Crippen molar-refractivity contribution in [3.63, 3.8) is 0 Å². The summed E-state index contributed by atoms with van der Waals surface area (Å²) >= 11 is 0.